The summed E-state index contributed by atoms with van der Waals surface area (Å²) in [5.41, 5.74) is 0.970. The molecule has 1 aliphatic heterocycles. The van der Waals surface area contributed by atoms with Crippen LogP contribution in [-0.4, -0.2) is 46.1 Å². The fourth-order valence-electron chi connectivity index (χ4n) is 3.60. The predicted molar refractivity (Wildman–Crippen MR) is 109 cm³/mol. The van der Waals surface area contributed by atoms with Gasteiger partial charge in [0.25, 0.3) is 5.56 Å². The Balaban J connectivity index is 1.80. The zero-order valence-electron chi connectivity index (χ0n) is 16.2. The molecule has 2 aromatic heterocycles. The Kier molecular flexibility index (Phi) is 5.12. The summed E-state index contributed by atoms with van der Waals surface area (Å²) in [6.45, 7) is 0.844. The number of aromatic nitrogens is 3. The van der Waals surface area contributed by atoms with E-state index < -0.39 is 0 Å². The van der Waals surface area contributed by atoms with Crippen molar-refractivity contribution in [2.45, 2.75) is 12.5 Å². The molecule has 0 aliphatic carbocycles. The SMILES string of the molecule is COC(=N)c1cc(Nc2nn(C3COCCC3C#N)c3cc[nH]c(=O)c23)ccc1O. The maximum atomic E-state index is 12.6. The van der Waals surface area contributed by atoms with E-state index in [9.17, 15) is 15.2 Å². The molecule has 30 heavy (non-hydrogen) atoms. The molecule has 2 atom stereocenters. The van der Waals surface area contributed by atoms with E-state index in [1.54, 1.807) is 16.8 Å². The first-order valence-corrected chi connectivity index (χ1v) is 9.33. The van der Waals surface area contributed by atoms with Crippen molar-refractivity contribution in [1.82, 2.24) is 14.8 Å². The lowest BCUT2D eigenvalue weighted by atomic mass is 9.96. The summed E-state index contributed by atoms with van der Waals surface area (Å²) >= 11 is 0. The minimum atomic E-state index is -0.324. The number of hydrogen-bond acceptors (Lipinski definition) is 8. The number of phenolic OH excluding ortho intramolecular Hbond substituents is 1. The molecule has 4 rings (SSSR count). The number of methoxy groups -OCH3 is 1. The summed E-state index contributed by atoms with van der Waals surface area (Å²) < 4.78 is 12.1. The number of nitrogens with zero attached hydrogens (tertiary/aromatic N) is 3. The highest BCUT2D eigenvalue weighted by Gasteiger charge is 2.30. The van der Waals surface area contributed by atoms with E-state index in [1.165, 1.54) is 25.4 Å². The van der Waals surface area contributed by atoms with Crippen LogP contribution in [-0.2, 0) is 9.47 Å². The average molecular weight is 408 g/mol. The Morgan fingerprint density at radius 1 is 1.50 bits per heavy atom. The standard InChI is InChI=1S/C20H20N6O4/c1-29-18(22)13-8-12(2-3-16(13)27)24-19-17-14(4-6-23-20(17)28)26(25-19)15-10-30-7-5-11(15)9-21/h2-4,6,8,11,15,22,27H,5,7,10H2,1H3,(H,23,28)(H,24,25). The molecule has 154 valence electrons. The molecule has 3 heterocycles. The summed E-state index contributed by atoms with van der Waals surface area (Å²) in [6, 6.07) is 8.29. The van der Waals surface area contributed by atoms with E-state index in [1.807, 2.05) is 0 Å². The number of phenols is 1. The predicted octanol–water partition coefficient (Wildman–Crippen LogP) is 2.25. The minimum Gasteiger partial charge on any atom is -0.507 e. The first-order valence-electron chi connectivity index (χ1n) is 9.33. The molecular weight excluding hydrogens is 388 g/mol. The Hall–Kier alpha value is -3.84. The van der Waals surface area contributed by atoms with Gasteiger partial charge in [0.05, 0.1) is 42.8 Å². The van der Waals surface area contributed by atoms with Gasteiger partial charge in [-0.15, -0.1) is 0 Å². The minimum absolute atomic E-state index is 0.100. The first kappa shape index (κ1) is 19.5. The van der Waals surface area contributed by atoms with Crippen molar-refractivity contribution < 1.29 is 14.6 Å². The van der Waals surface area contributed by atoms with Gasteiger partial charge in [-0.3, -0.25) is 14.9 Å². The monoisotopic (exact) mass is 408 g/mol. The third kappa shape index (κ3) is 3.35. The molecule has 0 amide bonds. The van der Waals surface area contributed by atoms with Crippen LogP contribution in [0.3, 0.4) is 0 Å². The van der Waals surface area contributed by atoms with Gasteiger partial charge in [0.1, 0.15) is 11.1 Å². The number of fused-ring (bicyclic) bond motifs is 1. The third-order valence-electron chi connectivity index (χ3n) is 5.14. The van der Waals surface area contributed by atoms with E-state index in [-0.39, 0.29) is 34.7 Å². The molecule has 3 aromatic rings. The Labute approximate surface area is 171 Å². The van der Waals surface area contributed by atoms with Gasteiger partial charge in [0.2, 0.25) is 5.90 Å². The van der Waals surface area contributed by atoms with Crippen molar-refractivity contribution in [2.24, 2.45) is 5.92 Å². The molecule has 0 saturated carbocycles. The van der Waals surface area contributed by atoms with Crippen molar-refractivity contribution in [3.05, 3.63) is 46.4 Å². The summed E-state index contributed by atoms with van der Waals surface area (Å²) in [6.07, 6.45) is 2.13. The number of benzene rings is 1. The van der Waals surface area contributed by atoms with Crippen molar-refractivity contribution in [3.8, 4) is 11.8 Å². The van der Waals surface area contributed by atoms with Crippen molar-refractivity contribution in [2.75, 3.05) is 25.6 Å². The van der Waals surface area contributed by atoms with E-state index in [4.69, 9.17) is 14.9 Å². The van der Waals surface area contributed by atoms with Crippen LogP contribution in [0.5, 0.6) is 5.75 Å². The van der Waals surface area contributed by atoms with Gasteiger partial charge in [-0.25, -0.2) is 0 Å². The lowest BCUT2D eigenvalue weighted by Gasteiger charge is -2.27. The normalized spacial score (nSPS) is 18.7. The highest BCUT2D eigenvalue weighted by Crippen LogP contribution is 2.32. The molecule has 4 N–H and O–H groups in total. The summed E-state index contributed by atoms with van der Waals surface area (Å²) in [4.78, 5) is 15.2. The molecule has 1 aliphatic rings. The molecule has 0 radical (unpaired) electrons. The van der Waals surface area contributed by atoms with Crippen molar-refractivity contribution >= 4 is 28.3 Å². The molecule has 0 spiro atoms. The topological polar surface area (TPSA) is 149 Å². The average Bonchev–Trinajstić information content (AvgIpc) is 3.13. The molecular formula is C20H20N6O4. The van der Waals surface area contributed by atoms with Gasteiger partial charge in [-0.05, 0) is 30.7 Å². The van der Waals surface area contributed by atoms with Gasteiger partial charge >= 0.3 is 0 Å². The molecule has 10 heteroatoms. The maximum Gasteiger partial charge on any atom is 0.261 e. The van der Waals surface area contributed by atoms with Crippen LogP contribution in [0.2, 0.25) is 0 Å². The second kappa shape index (κ2) is 7.88. The molecule has 1 saturated heterocycles. The second-order valence-corrected chi connectivity index (χ2v) is 6.92. The fraction of sp³-hybridized carbons (Fsp3) is 0.300. The summed E-state index contributed by atoms with van der Waals surface area (Å²) in [5.74, 6) is -0.274. The number of nitrogens with one attached hydrogen (secondary N) is 3. The number of pyridine rings is 1. The Bertz CT molecular complexity index is 1210. The van der Waals surface area contributed by atoms with Crippen LogP contribution in [0, 0.1) is 22.7 Å². The number of aromatic hydroxyl groups is 1. The zero-order chi connectivity index (χ0) is 21.3. The van der Waals surface area contributed by atoms with Crippen molar-refractivity contribution in [1.29, 1.82) is 10.7 Å². The molecule has 1 fully saturated rings. The Morgan fingerprint density at radius 2 is 2.33 bits per heavy atom. The highest BCUT2D eigenvalue weighted by molar-refractivity contribution is 5.96. The smallest absolute Gasteiger partial charge is 0.261 e. The zero-order valence-corrected chi connectivity index (χ0v) is 16.2. The van der Waals surface area contributed by atoms with Crippen LogP contribution in [0.4, 0.5) is 11.5 Å². The van der Waals surface area contributed by atoms with E-state index >= 15 is 0 Å². The van der Waals surface area contributed by atoms with Crippen LogP contribution in [0.1, 0.15) is 18.0 Å². The number of H-pyrrole nitrogens is 1. The Morgan fingerprint density at radius 3 is 3.10 bits per heavy atom. The van der Waals surface area contributed by atoms with Crippen LogP contribution in [0.15, 0.2) is 35.3 Å². The molecule has 2 unspecified atom stereocenters. The molecule has 0 bridgehead atoms. The first-order chi connectivity index (χ1) is 14.5. The van der Waals surface area contributed by atoms with E-state index in [0.29, 0.717) is 42.0 Å². The number of ether oxygens (including phenoxy) is 2. The van der Waals surface area contributed by atoms with Crippen molar-refractivity contribution in [3.63, 3.8) is 0 Å². The van der Waals surface area contributed by atoms with Crippen LogP contribution < -0.4 is 10.9 Å². The third-order valence-corrected chi connectivity index (χ3v) is 5.14. The lowest BCUT2D eigenvalue weighted by Crippen LogP contribution is -2.30. The number of nitriles is 1. The number of hydrogen-bond donors (Lipinski definition) is 4. The van der Waals surface area contributed by atoms with Gasteiger partial charge in [0.15, 0.2) is 5.82 Å². The number of anilines is 2. The second-order valence-electron chi connectivity index (χ2n) is 6.92. The van der Waals surface area contributed by atoms with E-state index in [0.717, 1.165) is 0 Å². The lowest BCUT2D eigenvalue weighted by molar-refractivity contribution is 0.0359. The van der Waals surface area contributed by atoms with Crippen LogP contribution >= 0.6 is 0 Å². The maximum absolute atomic E-state index is 12.6. The quantitative estimate of drug-likeness (QED) is 0.294. The van der Waals surface area contributed by atoms with Gasteiger partial charge in [-0.1, -0.05) is 0 Å². The summed E-state index contributed by atoms with van der Waals surface area (Å²) in [7, 11) is 1.34. The largest absolute Gasteiger partial charge is 0.507 e. The van der Waals surface area contributed by atoms with Gasteiger partial charge in [-0.2, -0.15) is 10.4 Å². The van der Waals surface area contributed by atoms with Gasteiger partial charge in [0, 0.05) is 18.5 Å². The highest BCUT2D eigenvalue weighted by atomic mass is 16.5. The summed E-state index contributed by atoms with van der Waals surface area (Å²) in [5, 5.41) is 35.4. The van der Waals surface area contributed by atoms with Crippen LogP contribution in [0.25, 0.3) is 10.9 Å². The number of rotatable bonds is 4. The molecule has 1 aromatic carbocycles. The molecule has 10 nitrogen and oxygen atoms in total. The van der Waals surface area contributed by atoms with Gasteiger partial charge < -0.3 is 24.9 Å². The number of aromatic amines is 1. The van der Waals surface area contributed by atoms with E-state index in [2.05, 4.69) is 21.5 Å². The fourth-order valence-corrected chi connectivity index (χ4v) is 3.60.